The van der Waals surface area contributed by atoms with E-state index in [-0.39, 0.29) is 11.8 Å². The fourth-order valence-corrected chi connectivity index (χ4v) is 3.39. The van der Waals surface area contributed by atoms with Crippen molar-refractivity contribution < 1.29 is 13.2 Å². The summed E-state index contributed by atoms with van der Waals surface area (Å²) in [7, 11) is 0.315. The van der Waals surface area contributed by atoms with E-state index in [2.05, 4.69) is 4.98 Å². The van der Waals surface area contributed by atoms with Crippen LogP contribution < -0.4 is 0 Å². The standard InChI is InChI=1S/C14H21N3O3S/c1-16(2)14(18)12-4-5-13(15-10-12)11-6-8-17(9-7-11)21(3,19)20/h4-5,10-11H,6-9H2,1-3H3. The van der Waals surface area contributed by atoms with Gasteiger partial charge in [0, 0.05) is 45.0 Å². The van der Waals surface area contributed by atoms with Crippen molar-refractivity contribution in [3.8, 4) is 0 Å². The first-order valence-corrected chi connectivity index (χ1v) is 8.76. The number of hydrogen-bond acceptors (Lipinski definition) is 4. The quantitative estimate of drug-likeness (QED) is 0.832. The van der Waals surface area contributed by atoms with Crippen LogP contribution in [0.1, 0.15) is 34.8 Å². The molecule has 21 heavy (non-hydrogen) atoms. The number of sulfonamides is 1. The second kappa shape index (κ2) is 6.11. The molecule has 0 bridgehead atoms. The predicted octanol–water partition coefficient (Wildman–Crippen LogP) is 0.922. The molecule has 0 spiro atoms. The molecular weight excluding hydrogens is 290 g/mol. The zero-order valence-electron chi connectivity index (χ0n) is 12.6. The summed E-state index contributed by atoms with van der Waals surface area (Å²) in [5.41, 5.74) is 1.50. The molecule has 1 aliphatic heterocycles. The molecule has 0 aromatic carbocycles. The van der Waals surface area contributed by atoms with E-state index in [1.807, 2.05) is 6.07 Å². The van der Waals surface area contributed by atoms with Gasteiger partial charge in [-0.25, -0.2) is 12.7 Å². The minimum atomic E-state index is -3.10. The first kappa shape index (κ1) is 15.9. The van der Waals surface area contributed by atoms with Gasteiger partial charge in [-0.3, -0.25) is 9.78 Å². The van der Waals surface area contributed by atoms with Gasteiger partial charge >= 0.3 is 0 Å². The molecule has 1 aliphatic rings. The molecule has 1 aromatic rings. The van der Waals surface area contributed by atoms with Crippen LogP contribution in [0.3, 0.4) is 0 Å². The largest absolute Gasteiger partial charge is 0.345 e. The summed E-state index contributed by atoms with van der Waals surface area (Å²) in [6, 6.07) is 3.66. The van der Waals surface area contributed by atoms with Crippen molar-refractivity contribution in [2.45, 2.75) is 18.8 Å². The normalized spacial score (nSPS) is 17.7. The van der Waals surface area contributed by atoms with Gasteiger partial charge in [0.2, 0.25) is 10.0 Å². The smallest absolute Gasteiger partial charge is 0.254 e. The van der Waals surface area contributed by atoms with Gasteiger partial charge in [-0.05, 0) is 25.0 Å². The Bertz CT molecular complexity index is 603. The maximum Gasteiger partial charge on any atom is 0.254 e. The SMILES string of the molecule is CN(C)C(=O)c1ccc(C2CCN(S(C)(=O)=O)CC2)nc1. The van der Waals surface area contributed by atoms with Crippen LogP contribution in [0.2, 0.25) is 0 Å². The third-order valence-electron chi connectivity index (χ3n) is 3.78. The van der Waals surface area contributed by atoms with Crippen LogP contribution in [0.4, 0.5) is 0 Å². The number of nitrogens with zero attached hydrogens (tertiary/aromatic N) is 3. The summed E-state index contributed by atoms with van der Waals surface area (Å²) in [6.07, 6.45) is 4.37. The molecule has 0 saturated carbocycles. The molecule has 2 heterocycles. The second-order valence-corrected chi connectivity index (χ2v) is 7.59. The average molecular weight is 311 g/mol. The molecule has 1 saturated heterocycles. The lowest BCUT2D eigenvalue weighted by atomic mass is 9.94. The Morgan fingerprint density at radius 1 is 1.29 bits per heavy atom. The van der Waals surface area contributed by atoms with E-state index in [4.69, 9.17) is 0 Å². The third-order valence-corrected chi connectivity index (χ3v) is 5.08. The van der Waals surface area contributed by atoms with Gasteiger partial charge in [-0.15, -0.1) is 0 Å². The van der Waals surface area contributed by atoms with Crippen LogP contribution in [0.25, 0.3) is 0 Å². The molecule has 2 rings (SSSR count). The highest BCUT2D eigenvalue weighted by molar-refractivity contribution is 7.88. The van der Waals surface area contributed by atoms with Gasteiger partial charge in [-0.1, -0.05) is 0 Å². The zero-order valence-corrected chi connectivity index (χ0v) is 13.4. The molecule has 1 aromatic heterocycles. The maximum atomic E-state index is 11.8. The molecular formula is C14H21N3O3S. The van der Waals surface area contributed by atoms with E-state index < -0.39 is 10.0 Å². The summed E-state index contributed by atoms with van der Waals surface area (Å²) in [6.45, 7) is 1.06. The van der Waals surface area contributed by atoms with Gasteiger partial charge in [0.25, 0.3) is 5.91 Å². The van der Waals surface area contributed by atoms with E-state index >= 15 is 0 Å². The zero-order chi connectivity index (χ0) is 15.6. The monoisotopic (exact) mass is 311 g/mol. The molecule has 1 fully saturated rings. The summed E-state index contributed by atoms with van der Waals surface area (Å²) in [5.74, 6) is 0.187. The van der Waals surface area contributed by atoms with E-state index in [9.17, 15) is 13.2 Å². The van der Waals surface area contributed by atoms with Crippen molar-refractivity contribution in [1.29, 1.82) is 0 Å². The van der Waals surface area contributed by atoms with E-state index in [1.54, 1.807) is 26.4 Å². The second-order valence-electron chi connectivity index (χ2n) is 5.61. The van der Waals surface area contributed by atoms with Gasteiger partial charge in [0.1, 0.15) is 0 Å². The number of carbonyl (C=O) groups excluding carboxylic acids is 1. The van der Waals surface area contributed by atoms with E-state index in [1.165, 1.54) is 15.5 Å². The number of aromatic nitrogens is 1. The van der Waals surface area contributed by atoms with Crippen LogP contribution in [0.15, 0.2) is 18.3 Å². The van der Waals surface area contributed by atoms with Crippen LogP contribution in [-0.4, -0.2) is 62.0 Å². The van der Waals surface area contributed by atoms with Crippen molar-refractivity contribution in [3.05, 3.63) is 29.6 Å². The molecule has 7 heteroatoms. The highest BCUT2D eigenvalue weighted by Crippen LogP contribution is 2.27. The number of hydrogen-bond donors (Lipinski definition) is 0. The molecule has 116 valence electrons. The molecule has 0 radical (unpaired) electrons. The molecule has 0 aliphatic carbocycles. The van der Waals surface area contributed by atoms with E-state index in [0.29, 0.717) is 18.7 Å². The minimum Gasteiger partial charge on any atom is -0.345 e. The summed E-state index contributed by atoms with van der Waals surface area (Å²) in [5, 5.41) is 0. The fourth-order valence-electron chi connectivity index (χ4n) is 2.51. The molecule has 6 nitrogen and oxygen atoms in total. The summed E-state index contributed by atoms with van der Waals surface area (Å²) in [4.78, 5) is 17.7. The first-order valence-electron chi connectivity index (χ1n) is 6.92. The van der Waals surface area contributed by atoms with Crippen molar-refractivity contribution in [2.24, 2.45) is 0 Å². The van der Waals surface area contributed by atoms with Crippen LogP contribution in [0.5, 0.6) is 0 Å². The molecule has 0 atom stereocenters. The van der Waals surface area contributed by atoms with Gasteiger partial charge in [-0.2, -0.15) is 0 Å². The Hall–Kier alpha value is -1.47. The van der Waals surface area contributed by atoms with Crippen LogP contribution in [-0.2, 0) is 10.0 Å². The topological polar surface area (TPSA) is 70.6 Å². The van der Waals surface area contributed by atoms with Crippen molar-refractivity contribution in [2.75, 3.05) is 33.4 Å². The number of piperidine rings is 1. The van der Waals surface area contributed by atoms with E-state index in [0.717, 1.165) is 18.5 Å². The van der Waals surface area contributed by atoms with Crippen molar-refractivity contribution >= 4 is 15.9 Å². The number of carbonyl (C=O) groups is 1. The Morgan fingerprint density at radius 3 is 2.33 bits per heavy atom. The number of rotatable bonds is 3. The third kappa shape index (κ3) is 3.79. The van der Waals surface area contributed by atoms with Crippen LogP contribution >= 0.6 is 0 Å². The van der Waals surface area contributed by atoms with Gasteiger partial charge < -0.3 is 4.90 Å². The lowest BCUT2D eigenvalue weighted by Crippen LogP contribution is -2.37. The van der Waals surface area contributed by atoms with Crippen molar-refractivity contribution in [3.63, 3.8) is 0 Å². The van der Waals surface area contributed by atoms with Crippen LogP contribution in [0, 0.1) is 0 Å². The molecule has 0 unspecified atom stereocenters. The number of pyridine rings is 1. The van der Waals surface area contributed by atoms with Gasteiger partial charge in [0.15, 0.2) is 0 Å². The fraction of sp³-hybridized carbons (Fsp3) is 0.571. The molecule has 1 amide bonds. The summed E-state index contributed by atoms with van der Waals surface area (Å²) >= 11 is 0. The Kier molecular flexibility index (Phi) is 4.63. The lowest BCUT2D eigenvalue weighted by Gasteiger charge is -2.29. The Morgan fingerprint density at radius 2 is 1.90 bits per heavy atom. The highest BCUT2D eigenvalue weighted by atomic mass is 32.2. The predicted molar refractivity (Wildman–Crippen MR) is 80.6 cm³/mol. The minimum absolute atomic E-state index is 0.0686. The maximum absolute atomic E-state index is 11.8. The first-order chi connectivity index (χ1) is 9.79. The Balaban J connectivity index is 2.03. The van der Waals surface area contributed by atoms with Crippen molar-refractivity contribution in [1.82, 2.24) is 14.2 Å². The molecule has 0 N–H and O–H groups in total. The highest BCUT2D eigenvalue weighted by Gasteiger charge is 2.26. The average Bonchev–Trinajstić information content (AvgIpc) is 2.46. The Labute approximate surface area is 125 Å². The lowest BCUT2D eigenvalue weighted by molar-refractivity contribution is 0.0827. The number of amides is 1. The summed E-state index contributed by atoms with van der Waals surface area (Å²) < 4.78 is 24.5. The van der Waals surface area contributed by atoms with Gasteiger partial charge in [0.05, 0.1) is 11.8 Å².